The van der Waals surface area contributed by atoms with Gasteiger partial charge in [0, 0.05) is 11.8 Å². The molecule has 0 fully saturated rings. The van der Waals surface area contributed by atoms with Gasteiger partial charge in [-0.3, -0.25) is 11.3 Å². The minimum atomic E-state index is 0.0566. The second-order valence-electron chi connectivity index (χ2n) is 3.79. The van der Waals surface area contributed by atoms with Crippen LogP contribution in [0, 0.1) is 0 Å². The summed E-state index contributed by atoms with van der Waals surface area (Å²) in [6, 6.07) is 3.87. The average Bonchev–Trinajstić information content (AvgIpc) is 2.21. The van der Waals surface area contributed by atoms with Gasteiger partial charge in [0.25, 0.3) is 0 Å². The second kappa shape index (κ2) is 5.65. The summed E-state index contributed by atoms with van der Waals surface area (Å²) < 4.78 is 0. The van der Waals surface area contributed by atoms with Crippen molar-refractivity contribution in [1.29, 1.82) is 0 Å². The second-order valence-corrected chi connectivity index (χ2v) is 3.79. The number of hydrogen-bond donors (Lipinski definition) is 3. The summed E-state index contributed by atoms with van der Waals surface area (Å²) in [7, 11) is 4.06. The van der Waals surface area contributed by atoms with Crippen molar-refractivity contribution in [2.45, 2.75) is 12.5 Å². The third kappa shape index (κ3) is 3.47. The van der Waals surface area contributed by atoms with Gasteiger partial charge in [-0.15, -0.1) is 0 Å². The Morgan fingerprint density at radius 2 is 2.27 bits per heavy atom. The molecular weight excluding hydrogens is 190 g/mol. The quantitative estimate of drug-likeness (QED) is 0.474. The molecule has 1 heterocycles. The van der Waals surface area contributed by atoms with Gasteiger partial charge in [-0.1, -0.05) is 6.07 Å². The Bertz CT molecular complexity index is 300. The maximum atomic E-state index is 5.78. The molecule has 0 aromatic carbocycles. The van der Waals surface area contributed by atoms with E-state index in [9.17, 15) is 0 Å². The zero-order chi connectivity index (χ0) is 11.3. The van der Waals surface area contributed by atoms with Crippen LogP contribution in [0.5, 0.6) is 0 Å². The Kier molecular flexibility index (Phi) is 4.48. The van der Waals surface area contributed by atoms with Crippen LogP contribution in [-0.4, -0.2) is 30.5 Å². The van der Waals surface area contributed by atoms with E-state index in [1.54, 1.807) is 6.20 Å². The molecule has 0 spiro atoms. The van der Waals surface area contributed by atoms with Crippen molar-refractivity contribution in [3.05, 3.63) is 23.9 Å². The summed E-state index contributed by atoms with van der Waals surface area (Å²) in [6.45, 7) is 0.948. The van der Waals surface area contributed by atoms with Gasteiger partial charge in [-0.25, -0.2) is 4.98 Å². The Hall–Kier alpha value is -1.17. The van der Waals surface area contributed by atoms with Crippen LogP contribution in [-0.2, 0) is 0 Å². The van der Waals surface area contributed by atoms with Gasteiger partial charge in [-0.05, 0) is 33.1 Å². The lowest BCUT2D eigenvalue weighted by Crippen LogP contribution is -2.31. The van der Waals surface area contributed by atoms with Crippen LogP contribution in [0.4, 0.5) is 5.82 Å². The molecule has 1 aromatic rings. The molecule has 0 aliphatic rings. The van der Waals surface area contributed by atoms with Crippen molar-refractivity contribution >= 4 is 5.82 Å². The summed E-state index contributed by atoms with van der Waals surface area (Å²) in [5.74, 6) is 6.05. The Balaban J connectivity index is 2.70. The molecular formula is C10H19N5. The van der Waals surface area contributed by atoms with E-state index < -0.39 is 0 Å². The zero-order valence-electron chi connectivity index (χ0n) is 9.27. The van der Waals surface area contributed by atoms with E-state index >= 15 is 0 Å². The molecule has 5 nitrogen and oxygen atoms in total. The number of rotatable bonds is 5. The van der Waals surface area contributed by atoms with E-state index in [1.807, 2.05) is 26.2 Å². The van der Waals surface area contributed by atoms with Crippen LogP contribution in [0.25, 0.3) is 0 Å². The number of hydrogen-bond acceptors (Lipinski definition) is 5. The van der Waals surface area contributed by atoms with E-state index in [0.717, 1.165) is 18.5 Å². The first-order valence-electron chi connectivity index (χ1n) is 4.96. The van der Waals surface area contributed by atoms with Crippen LogP contribution in [0.15, 0.2) is 18.3 Å². The van der Waals surface area contributed by atoms with Crippen molar-refractivity contribution < 1.29 is 0 Å². The maximum absolute atomic E-state index is 5.78. The largest absolute Gasteiger partial charge is 0.383 e. The van der Waals surface area contributed by atoms with Gasteiger partial charge in [0.05, 0.1) is 6.04 Å². The predicted octanol–water partition coefficient (Wildman–Crippen LogP) is 0.120. The molecule has 1 rings (SSSR count). The molecule has 0 amide bonds. The van der Waals surface area contributed by atoms with Crippen LogP contribution < -0.4 is 17.0 Å². The fourth-order valence-corrected chi connectivity index (χ4v) is 1.44. The third-order valence-corrected chi connectivity index (χ3v) is 2.31. The van der Waals surface area contributed by atoms with Crippen molar-refractivity contribution in [3.63, 3.8) is 0 Å². The molecule has 1 atom stereocenters. The molecule has 1 unspecified atom stereocenters. The first-order chi connectivity index (χ1) is 7.15. The highest BCUT2D eigenvalue weighted by molar-refractivity contribution is 5.40. The van der Waals surface area contributed by atoms with Crippen LogP contribution in [0.2, 0.25) is 0 Å². The monoisotopic (exact) mass is 209 g/mol. The molecule has 0 bridgehead atoms. The number of aromatic nitrogens is 1. The Labute approximate surface area is 90.4 Å². The molecule has 0 aliphatic carbocycles. The Morgan fingerprint density at radius 3 is 2.80 bits per heavy atom. The van der Waals surface area contributed by atoms with Gasteiger partial charge < -0.3 is 10.6 Å². The normalized spacial score (nSPS) is 13.1. The lowest BCUT2D eigenvalue weighted by Gasteiger charge is -2.19. The maximum Gasteiger partial charge on any atom is 0.128 e. The van der Waals surface area contributed by atoms with Gasteiger partial charge >= 0.3 is 0 Å². The standard InChI is InChI=1S/C10H19N5/c1-15(2)7-5-9(14-12)8-4-3-6-13-10(8)11/h3-4,6,9,14H,5,7,12H2,1-2H3,(H2,11,13). The Morgan fingerprint density at radius 1 is 1.53 bits per heavy atom. The molecule has 0 radical (unpaired) electrons. The summed E-state index contributed by atoms with van der Waals surface area (Å²) in [5, 5.41) is 0. The molecule has 5 heteroatoms. The zero-order valence-corrected chi connectivity index (χ0v) is 9.27. The fraction of sp³-hybridized carbons (Fsp3) is 0.500. The summed E-state index contributed by atoms with van der Waals surface area (Å²) >= 11 is 0. The SMILES string of the molecule is CN(C)CCC(NN)c1cccnc1N. The number of nitrogens with zero attached hydrogens (tertiary/aromatic N) is 2. The number of pyridine rings is 1. The molecule has 0 saturated carbocycles. The summed E-state index contributed by atoms with van der Waals surface area (Å²) in [4.78, 5) is 6.15. The van der Waals surface area contributed by atoms with Crippen LogP contribution in [0.3, 0.4) is 0 Å². The minimum absolute atomic E-state index is 0.0566. The smallest absolute Gasteiger partial charge is 0.128 e. The lowest BCUT2D eigenvalue weighted by molar-refractivity contribution is 0.363. The van der Waals surface area contributed by atoms with Crippen LogP contribution >= 0.6 is 0 Å². The van der Waals surface area contributed by atoms with E-state index in [1.165, 1.54) is 0 Å². The first kappa shape index (κ1) is 11.9. The molecule has 1 aromatic heterocycles. The van der Waals surface area contributed by atoms with E-state index in [2.05, 4.69) is 15.3 Å². The number of nitrogens with two attached hydrogens (primary N) is 2. The van der Waals surface area contributed by atoms with Gasteiger partial charge in [0.2, 0.25) is 0 Å². The summed E-state index contributed by atoms with van der Waals surface area (Å²) in [6.07, 6.45) is 2.58. The van der Waals surface area contributed by atoms with E-state index in [0.29, 0.717) is 5.82 Å². The number of nitrogen functional groups attached to an aromatic ring is 1. The molecule has 0 aliphatic heterocycles. The van der Waals surface area contributed by atoms with Crippen molar-refractivity contribution in [2.75, 3.05) is 26.4 Å². The topological polar surface area (TPSA) is 80.2 Å². The predicted molar refractivity (Wildman–Crippen MR) is 61.9 cm³/mol. The molecule has 0 saturated heterocycles. The van der Waals surface area contributed by atoms with Crippen molar-refractivity contribution in [3.8, 4) is 0 Å². The highest BCUT2D eigenvalue weighted by atomic mass is 15.2. The van der Waals surface area contributed by atoms with Gasteiger partial charge in [0.1, 0.15) is 5.82 Å². The highest BCUT2D eigenvalue weighted by Gasteiger charge is 2.12. The molecule has 84 valence electrons. The highest BCUT2D eigenvalue weighted by Crippen LogP contribution is 2.20. The molecule has 15 heavy (non-hydrogen) atoms. The lowest BCUT2D eigenvalue weighted by atomic mass is 10.1. The van der Waals surface area contributed by atoms with E-state index in [4.69, 9.17) is 11.6 Å². The van der Waals surface area contributed by atoms with Gasteiger partial charge in [-0.2, -0.15) is 0 Å². The number of hydrazine groups is 1. The van der Waals surface area contributed by atoms with E-state index in [-0.39, 0.29) is 6.04 Å². The first-order valence-corrected chi connectivity index (χ1v) is 4.96. The minimum Gasteiger partial charge on any atom is -0.383 e. The average molecular weight is 209 g/mol. The number of nitrogens with one attached hydrogen (secondary N) is 1. The molecule has 5 N–H and O–H groups in total. The summed E-state index contributed by atoms with van der Waals surface area (Å²) in [5.41, 5.74) is 9.51. The third-order valence-electron chi connectivity index (χ3n) is 2.31. The van der Waals surface area contributed by atoms with Crippen LogP contribution in [0.1, 0.15) is 18.0 Å². The van der Waals surface area contributed by atoms with Gasteiger partial charge in [0.15, 0.2) is 0 Å². The fourth-order valence-electron chi connectivity index (χ4n) is 1.44. The van der Waals surface area contributed by atoms with Crippen molar-refractivity contribution in [1.82, 2.24) is 15.3 Å². The van der Waals surface area contributed by atoms with Crippen molar-refractivity contribution in [2.24, 2.45) is 5.84 Å². The number of anilines is 1.